The number of aryl methyl sites for hydroxylation is 5. The van der Waals surface area contributed by atoms with Crippen LogP contribution in [-0.4, -0.2) is 50.3 Å². The lowest BCUT2D eigenvalue weighted by molar-refractivity contribution is 0.102. The molecule has 272 valence electrons. The Labute approximate surface area is 311 Å². The summed E-state index contributed by atoms with van der Waals surface area (Å²) in [4.78, 5) is 68.0. The third-order valence-electron chi connectivity index (χ3n) is 9.02. The van der Waals surface area contributed by atoms with E-state index in [2.05, 4.69) is 19.9 Å². The van der Waals surface area contributed by atoms with Gasteiger partial charge < -0.3 is 19.0 Å². The second-order valence-corrected chi connectivity index (χ2v) is 13.0. The molecule has 5 aromatic heterocycles. The normalized spacial score (nSPS) is 10.9. The van der Waals surface area contributed by atoms with E-state index in [1.54, 1.807) is 69.8 Å². The van der Waals surface area contributed by atoms with E-state index in [1.165, 1.54) is 6.20 Å². The Morgan fingerprint density at radius 3 is 1.80 bits per heavy atom. The Morgan fingerprint density at radius 2 is 1.20 bits per heavy atom. The SMILES string of the molecule is COc1ccc(C(=O)c2c[nH]c3ccc(C)nc3c2=O)cc1C.COc1ccc(C(=O)c2cn(Cc3cccc(C)n3)c3ccc(C)nc3c2=O)cc1C. The Kier molecular flexibility index (Phi) is 10.6. The van der Waals surface area contributed by atoms with E-state index in [0.717, 1.165) is 33.9 Å². The van der Waals surface area contributed by atoms with Gasteiger partial charge in [0.1, 0.15) is 22.5 Å². The van der Waals surface area contributed by atoms with Crippen molar-refractivity contribution < 1.29 is 19.1 Å². The number of ketones is 2. The third kappa shape index (κ3) is 7.56. The number of methoxy groups -OCH3 is 2. The topological polar surface area (TPSA) is 146 Å². The van der Waals surface area contributed by atoms with Crippen LogP contribution in [0.25, 0.3) is 22.1 Å². The molecule has 1 N–H and O–H groups in total. The van der Waals surface area contributed by atoms with Gasteiger partial charge in [-0.05, 0) is 119 Å². The molecule has 0 unspecified atom stereocenters. The summed E-state index contributed by atoms with van der Waals surface area (Å²) >= 11 is 0. The average Bonchev–Trinajstić information content (AvgIpc) is 3.16. The van der Waals surface area contributed by atoms with Crippen LogP contribution in [0.2, 0.25) is 0 Å². The minimum Gasteiger partial charge on any atom is -0.496 e. The quantitative estimate of drug-likeness (QED) is 0.168. The first-order valence-electron chi connectivity index (χ1n) is 17.2. The number of nitrogens with zero attached hydrogens (tertiary/aromatic N) is 4. The number of benzene rings is 2. The number of ether oxygens (including phenoxy) is 2. The van der Waals surface area contributed by atoms with Gasteiger partial charge in [0.2, 0.25) is 10.9 Å². The molecule has 0 bridgehead atoms. The van der Waals surface area contributed by atoms with Gasteiger partial charge >= 0.3 is 0 Å². The Hall–Kier alpha value is -6.75. The molecule has 11 heteroatoms. The molecule has 7 aromatic rings. The van der Waals surface area contributed by atoms with Crippen molar-refractivity contribution in [2.45, 2.75) is 41.2 Å². The molecular formula is C43H39N5O6. The molecule has 0 radical (unpaired) electrons. The molecule has 0 aliphatic carbocycles. The predicted octanol–water partition coefficient (Wildman–Crippen LogP) is 6.78. The minimum absolute atomic E-state index is 0.0835. The van der Waals surface area contributed by atoms with E-state index < -0.39 is 0 Å². The molecule has 0 saturated carbocycles. The first-order valence-corrected chi connectivity index (χ1v) is 17.2. The molecule has 0 aliphatic rings. The van der Waals surface area contributed by atoms with Crippen LogP contribution in [0.4, 0.5) is 0 Å². The summed E-state index contributed by atoms with van der Waals surface area (Å²) in [6, 6.07) is 23.4. The lowest BCUT2D eigenvalue weighted by Crippen LogP contribution is -2.21. The molecule has 2 aromatic carbocycles. The van der Waals surface area contributed by atoms with E-state index in [9.17, 15) is 19.2 Å². The van der Waals surface area contributed by atoms with Crippen LogP contribution in [0.1, 0.15) is 65.7 Å². The second-order valence-electron chi connectivity index (χ2n) is 13.0. The van der Waals surface area contributed by atoms with Crippen LogP contribution in [0.3, 0.4) is 0 Å². The second kappa shape index (κ2) is 15.5. The smallest absolute Gasteiger partial charge is 0.218 e. The lowest BCUT2D eigenvalue weighted by atomic mass is 10.0. The molecule has 54 heavy (non-hydrogen) atoms. The zero-order valence-electron chi connectivity index (χ0n) is 31.1. The molecule has 0 saturated heterocycles. The number of carbonyl (C=O) groups excluding carboxylic acids is 2. The highest BCUT2D eigenvalue weighted by Gasteiger charge is 2.20. The fraction of sp³-hybridized carbons (Fsp3) is 0.186. The van der Waals surface area contributed by atoms with Gasteiger partial charge in [-0.1, -0.05) is 6.07 Å². The fourth-order valence-electron chi connectivity index (χ4n) is 6.22. The molecule has 0 amide bonds. The first-order chi connectivity index (χ1) is 25.9. The Bertz CT molecular complexity index is 2710. The van der Waals surface area contributed by atoms with E-state index in [-0.39, 0.29) is 44.6 Å². The van der Waals surface area contributed by atoms with Crippen LogP contribution < -0.4 is 20.3 Å². The van der Waals surface area contributed by atoms with E-state index in [1.807, 2.05) is 68.7 Å². The molecular weight excluding hydrogens is 683 g/mol. The average molecular weight is 722 g/mol. The van der Waals surface area contributed by atoms with Crippen molar-refractivity contribution >= 4 is 33.6 Å². The van der Waals surface area contributed by atoms with Crippen molar-refractivity contribution in [1.82, 2.24) is 24.5 Å². The van der Waals surface area contributed by atoms with Gasteiger partial charge in [0.15, 0.2) is 11.6 Å². The van der Waals surface area contributed by atoms with Crippen molar-refractivity contribution in [1.29, 1.82) is 0 Å². The number of nitrogens with one attached hydrogen (secondary N) is 1. The number of pyridine rings is 5. The zero-order chi connectivity index (χ0) is 38.7. The summed E-state index contributed by atoms with van der Waals surface area (Å²) in [6.07, 6.45) is 3.07. The highest BCUT2D eigenvalue weighted by Crippen LogP contribution is 2.22. The summed E-state index contributed by atoms with van der Waals surface area (Å²) < 4.78 is 12.3. The number of carbonyl (C=O) groups is 2. The van der Waals surface area contributed by atoms with Crippen molar-refractivity contribution in [2.24, 2.45) is 0 Å². The molecule has 0 fully saturated rings. The van der Waals surface area contributed by atoms with Gasteiger partial charge in [-0.15, -0.1) is 0 Å². The van der Waals surface area contributed by atoms with E-state index in [4.69, 9.17) is 9.47 Å². The number of hydrogen-bond donors (Lipinski definition) is 1. The lowest BCUT2D eigenvalue weighted by Gasteiger charge is -2.14. The maximum absolute atomic E-state index is 13.3. The largest absolute Gasteiger partial charge is 0.496 e. The highest BCUT2D eigenvalue weighted by molar-refractivity contribution is 6.10. The van der Waals surface area contributed by atoms with Crippen LogP contribution in [0, 0.1) is 34.6 Å². The molecule has 11 nitrogen and oxygen atoms in total. The van der Waals surface area contributed by atoms with Gasteiger partial charge in [0, 0.05) is 40.6 Å². The van der Waals surface area contributed by atoms with Gasteiger partial charge in [0.05, 0.1) is 48.6 Å². The van der Waals surface area contributed by atoms with Gasteiger partial charge in [0.25, 0.3) is 0 Å². The maximum atomic E-state index is 13.3. The third-order valence-corrected chi connectivity index (χ3v) is 9.02. The monoisotopic (exact) mass is 721 g/mol. The number of rotatable bonds is 8. The van der Waals surface area contributed by atoms with Crippen LogP contribution in [-0.2, 0) is 6.54 Å². The van der Waals surface area contributed by atoms with Crippen LogP contribution >= 0.6 is 0 Å². The van der Waals surface area contributed by atoms with Gasteiger partial charge in [-0.2, -0.15) is 0 Å². The van der Waals surface area contributed by atoms with Crippen molar-refractivity contribution in [2.75, 3.05) is 14.2 Å². The van der Waals surface area contributed by atoms with Crippen molar-refractivity contribution in [3.63, 3.8) is 0 Å². The van der Waals surface area contributed by atoms with E-state index >= 15 is 0 Å². The molecule has 0 spiro atoms. The summed E-state index contributed by atoms with van der Waals surface area (Å²) in [5.41, 5.74) is 7.01. The standard InChI is InChI=1S/C25H23N3O3.C18H16N2O3/c1-15-12-18(9-11-22(15)31-4)24(29)20-14-28(13-19-7-5-6-16(2)26-19)21-10-8-17(3)27-23(21)25(20)30;1-10-8-12(5-7-15(10)23-3)17(21)13-9-19-14-6-4-11(2)20-16(14)18(13)22/h5-12,14H,13H2,1-4H3;4-9H,1-3H3,(H,19,22). The number of H-pyrrole nitrogens is 1. The number of hydrogen-bond acceptors (Lipinski definition) is 9. The summed E-state index contributed by atoms with van der Waals surface area (Å²) in [6.45, 7) is 9.70. The summed E-state index contributed by atoms with van der Waals surface area (Å²) in [5.74, 6) is 0.718. The maximum Gasteiger partial charge on any atom is 0.218 e. The zero-order valence-corrected chi connectivity index (χ0v) is 31.1. The predicted molar refractivity (Wildman–Crippen MR) is 208 cm³/mol. The molecule has 5 heterocycles. The highest BCUT2D eigenvalue weighted by atomic mass is 16.5. The van der Waals surface area contributed by atoms with Gasteiger partial charge in [-0.3, -0.25) is 24.2 Å². The minimum atomic E-state index is -0.370. The van der Waals surface area contributed by atoms with E-state index in [0.29, 0.717) is 40.2 Å². The molecule has 7 rings (SSSR count). The Morgan fingerprint density at radius 1 is 0.648 bits per heavy atom. The van der Waals surface area contributed by atoms with Crippen LogP contribution in [0.5, 0.6) is 11.5 Å². The number of aromatic amines is 1. The van der Waals surface area contributed by atoms with Gasteiger partial charge in [-0.25, -0.2) is 9.97 Å². The Balaban J connectivity index is 0.000000193. The van der Waals surface area contributed by atoms with Crippen molar-refractivity contribution in [3.8, 4) is 11.5 Å². The molecule has 0 atom stereocenters. The van der Waals surface area contributed by atoms with Crippen LogP contribution in [0.15, 0.2) is 101 Å². The van der Waals surface area contributed by atoms with Crippen molar-refractivity contribution in [3.05, 3.63) is 168 Å². The fourth-order valence-corrected chi connectivity index (χ4v) is 6.22. The first kappa shape index (κ1) is 37.0. The summed E-state index contributed by atoms with van der Waals surface area (Å²) in [5, 5.41) is 0. The number of aromatic nitrogens is 5. The molecule has 0 aliphatic heterocycles. The summed E-state index contributed by atoms with van der Waals surface area (Å²) in [7, 11) is 3.16. The number of fused-ring (bicyclic) bond motifs is 2.